The van der Waals surface area contributed by atoms with Crippen molar-refractivity contribution in [2.45, 2.75) is 25.4 Å². The fourth-order valence-electron chi connectivity index (χ4n) is 2.02. The maximum absolute atomic E-state index is 12.1. The van der Waals surface area contributed by atoms with Crippen LogP contribution in [0, 0.1) is 12.3 Å². The van der Waals surface area contributed by atoms with E-state index in [4.69, 9.17) is 6.42 Å². The third-order valence-corrected chi connectivity index (χ3v) is 3.38. The minimum atomic E-state index is -0.644. The van der Waals surface area contributed by atoms with Crippen LogP contribution < -0.4 is 11.1 Å². The third-order valence-electron chi connectivity index (χ3n) is 3.00. The SMILES string of the molecule is C#CCn1c(=O)c(=O)n(C2CC2)c2nc(Br)cnc21. The van der Waals surface area contributed by atoms with Gasteiger partial charge in [0.2, 0.25) is 0 Å². The summed E-state index contributed by atoms with van der Waals surface area (Å²) in [6.07, 6.45) is 8.47. The molecule has 1 aliphatic carbocycles. The minimum absolute atomic E-state index is 0.00634. The van der Waals surface area contributed by atoms with E-state index < -0.39 is 11.1 Å². The lowest BCUT2D eigenvalue weighted by atomic mass is 10.4. The lowest BCUT2D eigenvalue weighted by Crippen LogP contribution is -2.41. The van der Waals surface area contributed by atoms with Gasteiger partial charge in [0.25, 0.3) is 0 Å². The summed E-state index contributed by atoms with van der Waals surface area (Å²) < 4.78 is 3.14. The Morgan fingerprint density at radius 1 is 1.37 bits per heavy atom. The highest BCUT2D eigenvalue weighted by Gasteiger charge is 2.29. The molecule has 2 heterocycles. The second-order valence-electron chi connectivity index (χ2n) is 4.34. The summed E-state index contributed by atoms with van der Waals surface area (Å²) in [6.45, 7) is 0.00634. The van der Waals surface area contributed by atoms with Gasteiger partial charge in [0.15, 0.2) is 11.3 Å². The molecule has 0 bridgehead atoms. The molecular weight excluding hydrogens is 312 g/mol. The number of rotatable bonds is 2. The van der Waals surface area contributed by atoms with E-state index in [-0.39, 0.29) is 12.6 Å². The van der Waals surface area contributed by atoms with E-state index in [1.165, 1.54) is 15.3 Å². The van der Waals surface area contributed by atoms with Gasteiger partial charge >= 0.3 is 11.1 Å². The molecule has 0 unspecified atom stereocenters. The zero-order valence-corrected chi connectivity index (χ0v) is 11.4. The smallest absolute Gasteiger partial charge is 0.282 e. The highest BCUT2D eigenvalue weighted by atomic mass is 79.9. The van der Waals surface area contributed by atoms with Gasteiger partial charge in [-0.25, -0.2) is 9.97 Å². The summed E-state index contributed by atoms with van der Waals surface area (Å²) in [5.74, 6) is 2.36. The zero-order chi connectivity index (χ0) is 13.6. The van der Waals surface area contributed by atoms with E-state index in [2.05, 4.69) is 31.8 Å². The molecule has 0 amide bonds. The first kappa shape index (κ1) is 12.1. The molecule has 96 valence electrons. The molecule has 2 aromatic heterocycles. The Kier molecular flexibility index (Phi) is 2.75. The maximum Gasteiger partial charge on any atom is 0.319 e. The van der Waals surface area contributed by atoms with E-state index in [1.54, 1.807) is 0 Å². The summed E-state index contributed by atoms with van der Waals surface area (Å²) in [5, 5.41) is 0. The number of hydrogen-bond donors (Lipinski definition) is 0. The molecule has 0 aromatic carbocycles. The van der Waals surface area contributed by atoms with Gasteiger partial charge in [-0.15, -0.1) is 6.42 Å². The van der Waals surface area contributed by atoms with Gasteiger partial charge < -0.3 is 0 Å². The fraction of sp³-hybridized carbons (Fsp3) is 0.333. The van der Waals surface area contributed by atoms with Gasteiger partial charge in [-0.2, -0.15) is 0 Å². The number of terminal acetylenes is 1. The lowest BCUT2D eigenvalue weighted by molar-refractivity contribution is 0.677. The number of hydrogen-bond acceptors (Lipinski definition) is 4. The highest BCUT2D eigenvalue weighted by molar-refractivity contribution is 9.10. The molecule has 1 fully saturated rings. The fourth-order valence-corrected chi connectivity index (χ4v) is 2.29. The van der Waals surface area contributed by atoms with Gasteiger partial charge in [-0.3, -0.25) is 18.7 Å². The first-order chi connectivity index (χ1) is 9.13. The van der Waals surface area contributed by atoms with Gasteiger partial charge in [0.1, 0.15) is 4.60 Å². The van der Waals surface area contributed by atoms with Crippen molar-refractivity contribution in [2.75, 3.05) is 0 Å². The van der Waals surface area contributed by atoms with Crippen LogP contribution in [0.4, 0.5) is 0 Å². The van der Waals surface area contributed by atoms with E-state index in [9.17, 15) is 9.59 Å². The van der Waals surface area contributed by atoms with Gasteiger partial charge in [-0.1, -0.05) is 5.92 Å². The lowest BCUT2D eigenvalue weighted by Gasteiger charge is -2.11. The molecule has 0 spiro atoms. The van der Waals surface area contributed by atoms with Crippen LogP contribution >= 0.6 is 15.9 Å². The average Bonchev–Trinajstić information content (AvgIpc) is 3.19. The molecule has 6 nitrogen and oxygen atoms in total. The van der Waals surface area contributed by atoms with Crippen LogP contribution in [0.1, 0.15) is 18.9 Å². The Morgan fingerprint density at radius 2 is 2.11 bits per heavy atom. The predicted molar refractivity (Wildman–Crippen MR) is 72.9 cm³/mol. The predicted octanol–water partition coefficient (Wildman–Crippen LogP) is 0.684. The number of aromatic nitrogens is 4. The Bertz CT molecular complexity index is 826. The molecule has 0 aliphatic heterocycles. The normalized spacial score (nSPS) is 14.5. The standard InChI is InChI=1S/C12H9BrN4O2/c1-2-5-16-9-10(15-8(13)6-14-9)17(7-3-4-7)12(19)11(16)18/h1,6-7H,3-5H2. The molecule has 19 heavy (non-hydrogen) atoms. The van der Waals surface area contributed by atoms with Crippen molar-refractivity contribution in [1.82, 2.24) is 19.1 Å². The number of fused-ring (bicyclic) bond motifs is 1. The van der Waals surface area contributed by atoms with Crippen molar-refractivity contribution in [1.29, 1.82) is 0 Å². The van der Waals surface area contributed by atoms with Crippen molar-refractivity contribution in [3.8, 4) is 12.3 Å². The topological polar surface area (TPSA) is 69.8 Å². The van der Waals surface area contributed by atoms with Crippen LogP contribution in [0.3, 0.4) is 0 Å². The zero-order valence-electron chi connectivity index (χ0n) is 9.84. The molecular formula is C12H9BrN4O2. The van der Waals surface area contributed by atoms with Crippen LogP contribution in [0.15, 0.2) is 20.4 Å². The third kappa shape index (κ3) is 1.88. The summed E-state index contributed by atoms with van der Waals surface area (Å²) >= 11 is 3.23. The summed E-state index contributed by atoms with van der Waals surface area (Å²) in [7, 11) is 0. The van der Waals surface area contributed by atoms with E-state index in [0.717, 1.165) is 12.8 Å². The van der Waals surface area contributed by atoms with E-state index >= 15 is 0 Å². The quantitative estimate of drug-likeness (QED) is 0.603. The second-order valence-corrected chi connectivity index (χ2v) is 5.15. The van der Waals surface area contributed by atoms with Crippen molar-refractivity contribution >= 4 is 27.2 Å². The van der Waals surface area contributed by atoms with Crippen LogP contribution in [0.25, 0.3) is 11.3 Å². The van der Waals surface area contributed by atoms with Gasteiger partial charge in [0.05, 0.1) is 12.7 Å². The molecule has 1 saturated carbocycles. The first-order valence-corrected chi connectivity index (χ1v) is 6.54. The molecule has 7 heteroatoms. The molecule has 2 aromatic rings. The average molecular weight is 321 g/mol. The van der Waals surface area contributed by atoms with Crippen molar-refractivity contribution in [3.63, 3.8) is 0 Å². The molecule has 0 atom stereocenters. The van der Waals surface area contributed by atoms with Crippen molar-refractivity contribution in [2.24, 2.45) is 0 Å². The highest BCUT2D eigenvalue weighted by Crippen LogP contribution is 2.34. The first-order valence-electron chi connectivity index (χ1n) is 5.74. The van der Waals surface area contributed by atoms with Crippen LogP contribution in [0.2, 0.25) is 0 Å². The Hall–Kier alpha value is -1.94. The van der Waals surface area contributed by atoms with E-state index in [0.29, 0.717) is 15.9 Å². The van der Waals surface area contributed by atoms with Gasteiger partial charge in [-0.05, 0) is 28.8 Å². The minimum Gasteiger partial charge on any atom is -0.282 e. The van der Waals surface area contributed by atoms with Gasteiger partial charge in [0, 0.05) is 6.04 Å². The number of halogens is 1. The van der Waals surface area contributed by atoms with Crippen molar-refractivity contribution in [3.05, 3.63) is 31.5 Å². The van der Waals surface area contributed by atoms with Crippen LogP contribution in [-0.4, -0.2) is 19.1 Å². The van der Waals surface area contributed by atoms with E-state index in [1.807, 2.05) is 0 Å². The Labute approximate surface area is 116 Å². The molecule has 1 aliphatic rings. The molecule has 0 N–H and O–H groups in total. The largest absolute Gasteiger partial charge is 0.319 e. The maximum atomic E-state index is 12.1. The summed E-state index contributed by atoms with van der Waals surface area (Å²) in [6, 6.07) is 0.0479. The summed E-state index contributed by atoms with van der Waals surface area (Å²) in [5.41, 5.74) is -0.485. The Morgan fingerprint density at radius 3 is 2.74 bits per heavy atom. The van der Waals surface area contributed by atoms with Crippen LogP contribution in [0.5, 0.6) is 0 Å². The van der Waals surface area contributed by atoms with Crippen molar-refractivity contribution < 1.29 is 0 Å². The Balaban J connectivity index is 2.49. The molecule has 3 rings (SSSR count). The second kappa shape index (κ2) is 4.31. The number of nitrogens with zero attached hydrogens (tertiary/aromatic N) is 4. The summed E-state index contributed by atoms with van der Waals surface area (Å²) in [4.78, 5) is 32.7. The molecule has 0 radical (unpaired) electrons. The molecule has 0 saturated heterocycles. The van der Waals surface area contributed by atoms with Crippen LogP contribution in [-0.2, 0) is 6.54 Å². The monoisotopic (exact) mass is 320 g/mol.